The maximum Gasteiger partial charge on any atom is 0.164 e. The second-order valence-electron chi connectivity index (χ2n) is 32.9. The normalized spacial score (nSPS) is 11.5. The highest BCUT2D eigenvalue weighted by molar-refractivity contribution is 6.15. The van der Waals surface area contributed by atoms with Gasteiger partial charge in [-0.3, -0.25) is 0 Å². The molecule has 19 aromatic carbocycles. The van der Waals surface area contributed by atoms with E-state index in [1.807, 2.05) is 121 Å². The Morgan fingerprint density at radius 2 is 0.300 bits per heavy atom. The third-order valence-electron chi connectivity index (χ3n) is 25.1. The van der Waals surface area contributed by atoms with Gasteiger partial charge < -0.3 is 18.3 Å². The van der Waals surface area contributed by atoms with Crippen LogP contribution in [-0.4, -0.2) is 48.2 Å². The number of hydrogen-bond acceptors (Lipinski definition) is 6. The van der Waals surface area contributed by atoms with E-state index in [4.69, 9.17) is 29.9 Å². The van der Waals surface area contributed by atoms with E-state index in [1.165, 1.54) is 104 Å². The molecule has 0 N–H and O–H groups in total. The molecular formula is C120H78N10. The summed E-state index contributed by atoms with van der Waals surface area (Å²) in [4.78, 5) is 29.8. The largest absolute Gasteiger partial charge is 0.309 e. The lowest BCUT2D eigenvalue weighted by atomic mass is 9.97. The van der Waals surface area contributed by atoms with Gasteiger partial charge in [0.2, 0.25) is 0 Å². The molecular weight excluding hydrogens is 1580 g/mol. The van der Waals surface area contributed by atoms with E-state index in [0.29, 0.717) is 34.9 Å². The van der Waals surface area contributed by atoms with Crippen LogP contribution in [0.1, 0.15) is 0 Å². The molecule has 0 atom stereocenters. The monoisotopic (exact) mass is 1660 g/mol. The van der Waals surface area contributed by atoms with Crippen LogP contribution in [-0.2, 0) is 0 Å². The first-order chi connectivity index (χ1) is 64.4. The molecule has 0 spiro atoms. The van der Waals surface area contributed by atoms with Crippen molar-refractivity contribution in [2.45, 2.75) is 0 Å². The zero-order chi connectivity index (χ0) is 86.0. The van der Waals surface area contributed by atoms with Crippen molar-refractivity contribution >= 4 is 87.2 Å². The number of fused-ring (bicyclic) bond motifs is 12. The van der Waals surface area contributed by atoms with Crippen LogP contribution < -0.4 is 0 Å². The molecule has 0 saturated carbocycles. The molecule has 0 aliphatic carbocycles. The van der Waals surface area contributed by atoms with Crippen molar-refractivity contribution in [3.8, 4) is 147 Å². The summed E-state index contributed by atoms with van der Waals surface area (Å²) < 4.78 is 9.52. The molecule has 0 unspecified atom stereocenters. The third kappa shape index (κ3) is 13.9. The smallest absolute Gasteiger partial charge is 0.164 e. The molecule has 6 heterocycles. The van der Waals surface area contributed by atoms with E-state index < -0.39 is 0 Å². The van der Waals surface area contributed by atoms with Crippen LogP contribution in [0.4, 0.5) is 0 Å². The molecule has 10 nitrogen and oxygen atoms in total. The van der Waals surface area contributed by atoms with Gasteiger partial charge in [0.1, 0.15) is 0 Å². The summed E-state index contributed by atoms with van der Waals surface area (Å²) in [6.07, 6.45) is 0. The minimum absolute atomic E-state index is 0.634. The van der Waals surface area contributed by atoms with E-state index >= 15 is 0 Å². The van der Waals surface area contributed by atoms with Gasteiger partial charge in [-0.15, -0.1) is 0 Å². The highest BCUT2D eigenvalue weighted by Gasteiger charge is 2.23. The van der Waals surface area contributed by atoms with Crippen LogP contribution in [0.3, 0.4) is 0 Å². The van der Waals surface area contributed by atoms with Crippen molar-refractivity contribution < 1.29 is 0 Å². The molecule has 25 aromatic rings. The van der Waals surface area contributed by atoms with Crippen LogP contribution in [0, 0.1) is 0 Å². The van der Waals surface area contributed by atoms with E-state index in [2.05, 4.69) is 370 Å². The zero-order valence-electron chi connectivity index (χ0n) is 70.5. The fourth-order valence-electron chi connectivity index (χ4n) is 18.9. The molecule has 0 radical (unpaired) electrons. The molecule has 0 amide bonds. The standard InChI is InChI=1S/C63H41N5.C57H37N5/c1-4-16-43(17-5-1)61-64-62(44-18-6-2-7-19-44)66-63(65-61)50-23-15-22-47(39-50)46-21-14-20-45(38-46)42-30-34-52(35-31-42)68-58-29-13-11-27-54(58)56-41-49(33-37-60(56)68)48-32-36-59-55(40-48)53-26-10-12-28-57(53)67(59)51-24-8-3-9-25-51;1-4-16-38(17-5-1)55-58-56(39-18-6-2-7-19-39)60-57(59-55)44-22-14-20-40(34-44)41-21-15-25-46(35-41)62-52-29-13-11-27-48(52)50-37-43(31-33-54(50)62)42-30-32-53-49(36-42)47-26-10-12-28-51(47)61(53)45-23-8-3-9-24-45/h1-41H;1-37H. The average molecular weight is 1660 g/mol. The van der Waals surface area contributed by atoms with Gasteiger partial charge in [-0.25, -0.2) is 29.9 Å². The summed E-state index contributed by atoms with van der Waals surface area (Å²) in [6, 6.07) is 168. The zero-order valence-corrected chi connectivity index (χ0v) is 70.5. The predicted octanol–water partition coefficient (Wildman–Crippen LogP) is 30.5. The van der Waals surface area contributed by atoms with Gasteiger partial charge in [0.05, 0.1) is 44.1 Å². The van der Waals surface area contributed by atoms with Crippen LogP contribution in [0.25, 0.3) is 234 Å². The molecule has 0 saturated heterocycles. The Morgan fingerprint density at radius 3 is 0.615 bits per heavy atom. The Balaban J connectivity index is 0.000000145. The molecule has 0 aliphatic heterocycles. The number of para-hydroxylation sites is 6. The highest BCUT2D eigenvalue weighted by Crippen LogP contribution is 2.44. The Kier molecular flexibility index (Phi) is 19.0. The Hall–Kier alpha value is -17.6. The van der Waals surface area contributed by atoms with E-state index in [1.54, 1.807) is 0 Å². The van der Waals surface area contributed by atoms with Crippen molar-refractivity contribution in [2.24, 2.45) is 0 Å². The maximum atomic E-state index is 5.00. The fourth-order valence-corrected chi connectivity index (χ4v) is 18.9. The van der Waals surface area contributed by atoms with Crippen molar-refractivity contribution in [3.05, 3.63) is 473 Å². The molecule has 0 bridgehead atoms. The van der Waals surface area contributed by atoms with Crippen LogP contribution in [0.5, 0.6) is 0 Å². The maximum absolute atomic E-state index is 5.00. The highest BCUT2D eigenvalue weighted by atomic mass is 15.1. The molecule has 608 valence electrons. The molecule has 0 aliphatic rings. The Labute approximate surface area is 750 Å². The van der Waals surface area contributed by atoms with Crippen molar-refractivity contribution in [2.75, 3.05) is 0 Å². The number of nitrogens with zero attached hydrogens (tertiary/aromatic N) is 10. The van der Waals surface area contributed by atoms with Crippen LogP contribution in [0.2, 0.25) is 0 Å². The minimum atomic E-state index is 0.634. The van der Waals surface area contributed by atoms with Gasteiger partial charge in [0, 0.05) is 99.2 Å². The van der Waals surface area contributed by atoms with Gasteiger partial charge in [-0.1, -0.05) is 334 Å². The molecule has 25 rings (SSSR count). The van der Waals surface area contributed by atoms with E-state index in [-0.39, 0.29) is 0 Å². The first kappa shape index (κ1) is 76.1. The number of rotatable bonds is 15. The van der Waals surface area contributed by atoms with Crippen molar-refractivity contribution in [1.82, 2.24) is 48.2 Å². The number of hydrogen-bond donors (Lipinski definition) is 0. The summed E-state index contributed by atoms with van der Waals surface area (Å²) in [5.41, 5.74) is 31.2. The molecule has 0 fully saturated rings. The summed E-state index contributed by atoms with van der Waals surface area (Å²) in [6.45, 7) is 0. The summed E-state index contributed by atoms with van der Waals surface area (Å²) >= 11 is 0. The lowest BCUT2D eigenvalue weighted by Gasteiger charge is -2.12. The van der Waals surface area contributed by atoms with Crippen molar-refractivity contribution in [1.29, 1.82) is 0 Å². The number of aromatic nitrogens is 10. The summed E-state index contributed by atoms with van der Waals surface area (Å²) in [7, 11) is 0. The van der Waals surface area contributed by atoms with Gasteiger partial charge in [-0.2, -0.15) is 0 Å². The Morgan fingerprint density at radius 1 is 0.108 bits per heavy atom. The Bertz CT molecular complexity index is 8520. The minimum Gasteiger partial charge on any atom is -0.309 e. The molecule has 10 heteroatoms. The summed E-state index contributed by atoms with van der Waals surface area (Å²) in [5.74, 6) is 3.86. The SMILES string of the molecule is c1ccc(-c2nc(-c3ccccc3)nc(-c3cccc(-c4cccc(-c5ccc(-n6c7ccccc7c7cc(-c8ccc9c(c8)c8ccccc8n9-c8ccccc8)ccc76)cc5)c4)c3)n2)cc1.c1ccc(-c2nc(-c3ccccc3)nc(-c3cccc(-c4cccc(-n5c6ccccc6c6cc(-c7ccc8c(c7)c7ccccc7n8-c7ccccc7)ccc65)c4)c3)n2)cc1. The van der Waals surface area contributed by atoms with Gasteiger partial charge in [0.25, 0.3) is 0 Å². The second kappa shape index (κ2) is 32.5. The molecule has 6 aromatic heterocycles. The lowest BCUT2D eigenvalue weighted by molar-refractivity contribution is 1.07. The van der Waals surface area contributed by atoms with Gasteiger partial charge in [-0.05, 0) is 195 Å². The van der Waals surface area contributed by atoms with E-state index in [0.717, 1.165) is 95.0 Å². The van der Waals surface area contributed by atoms with Gasteiger partial charge >= 0.3 is 0 Å². The van der Waals surface area contributed by atoms with Crippen LogP contribution >= 0.6 is 0 Å². The second-order valence-corrected chi connectivity index (χ2v) is 32.9. The average Bonchev–Trinajstić information content (AvgIpc) is 1.61. The molecule has 130 heavy (non-hydrogen) atoms. The summed E-state index contributed by atoms with van der Waals surface area (Å²) in [5, 5.41) is 9.89. The first-order valence-electron chi connectivity index (χ1n) is 43.9. The third-order valence-corrected chi connectivity index (χ3v) is 25.1. The van der Waals surface area contributed by atoms with E-state index in [9.17, 15) is 0 Å². The quantitative estimate of drug-likeness (QED) is 0.101. The van der Waals surface area contributed by atoms with Crippen LogP contribution in [0.15, 0.2) is 473 Å². The fraction of sp³-hybridized carbons (Fsp3) is 0. The number of benzene rings is 19. The first-order valence-corrected chi connectivity index (χ1v) is 43.9. The van der Waals surface area contributed by atoms with Crippen molar-refractivity contribution in [3.63, 3.8) is 0 Å². The topological polar surface area (TPSA) is 97.1 Å². The lowest BCUT2D eigenvalue weighted by Crippen LogP contribution is -2.00. The van der Waals surface area contributed by atoms with Gasteiger partial charge in [0.15, 0.2) is 34.9 Å². The predicted molar refractivity (Wildman–Crippen MR) is 537 cm³/mol.